The monoisotopic (exact) mass is 354 g/mol. The molecule has 0 aliphatic heterocycles. The zero-order valence-corrected chi connectivity index (χ0v) is 15.6. The van der Waals surface area contributed by atoms with Gasteiger partial charge in [0.25, 0.3) is 11.8 Å². The van der Waals surface area contributed by atoms with Gasteiger partial charge in [-0.3, -0.25) is 9.59 Å². The van der Waals surface area contributed by atoms with Crippen LogP contribution in [0, 0.1) is 13.8 Å². The number of benzene rings is 2. The number of ether oxygens (including phenoxy) is 1. The van der Waals surface area contributed by atoms with E-state index in [0.29, 0.717) is 17.8 Å². The third kappa shape index (κ3) is 5.62. The molecule has 5 nitrogen and oxygen atoms in total. The van der Waals surface area contributed by atoms with E-state index in [1.54, 1.807) is 24.3 Å². The van der Waals surface area contributed by atoms with Crippen LogP contribution in [-0.4, -0.2) is 25.0 Å². The fraction of sp³-hybridized carbons (Fsp3) is 0.333. The number of anilines is 1. The average molecular weight is 354 g/mol. The van der Waals surface area contributed by atoms with Crippen LogP contribution in [0.5, 0.6) is 5.75 Å². The molecule has 2 rings (SSSR count). The van der Waals surface area contributed by atoms with Crippen molar-refractivity contribution >= 4 is 17.5 Å². The van der Waals surface area contributed by atoms with Crippen molar-refractivity contribution in [2.45, 2.75) is 33.6 Å². The number of aryl methyl sites for hydroxylation is 2. The Morgan fingerprint density at radius 1 is 1.00 bits per heavy atom. The van der Waals surface area contributed by atoms with Crippen LogP contribution in [0.2, 0.25) is 0 Å². The van der Waals surface area contributed by atoms with Crippen molar-refractivity contribution < 1.29 is 14.3 Å². The van der Waals surface area contributed by atoms with Crippen LogP contribution in [0.4, 0.5) is 5.69 Å². The number of unbranched alkanes of at least 4 members (excludes halogenated alkanes) is 1. The van der Waals surface area contributed by atoms with Gasteiger partial charge in [0.2, 0.25) is 0 Å². The number of nitrogens with one attached hydrogen (secondary N) is 2. The normalized spacial score (nSPS) is 10.3. The van der Waals surface area contributed by atoms with Crippen molar-refractivity contribution in [3.05, 3.63) is 59.2 Å². The molecule has 0 radical (unpaired) electrons. The first-order valence-corrected chi connectivity index (χ1v) is 8.88. The fourth-order valence-electron chi connectivity index (χ4n) is 2.55. The second-order valence-corrected chi connectivity index (χ2v) is 6.24. The summed E-state index contributed by atoms with van der Waals surface area (Å²) in [5.74, 6) is 0.393. The summed E-state index contributed by atoms with van der Waals surface area (Å²) < 4.78 is 5.64. The molecule has 0 aromatic heterocycles. The van der Waals surface area contributed by atoms with Gasteiger partial charge in [0.1, 0.15) is 5.75 Å². The van der Waals surface area contributed by atoms with Gasteiger partial charge in [0.05, 0.1) is 0 Å². The lowest BCUT2D eigenvalue weighted by Gasteiger charge is -2.12. The Balaban J connectivity index is 1.86. The molecule has 2 N–H and O–H groups in total. The van der Waals surface area contributed by atoms with Crippen molar-refractivity contribution in [2.75, 3.05) is 18.5 Å². The predicted molar refractivity (Wildman–Crippen MR) is 104 cm³/mol. The van der Waals surface area contributed by atoms with E-state index in [4.69, 9.17) is 4.74 Å². The van der Waals surface area contributed by atoms with Gasteiger partial charge < -0.3 is 15.4 Å². The quantitative estimate of drug-likeness (QED) is 0.708. The highest BCUT2D eigenvalue weighted by Crippen LogP contribution is 2.22. The van der Waals surface area contributed by atoms with Gasteiger partial charge in [-0.25, -0.2) is 0 Å². The number of rotatable bonds is 8. The molecule has 26 heavy (non-hydrogen) atoms. The van der Waals surface area contributed by atoms with Crippen molar-refractivity contribution in [3.8, 4) is 5.75 Å². The molecule has 0 atom stereocenters. The standard InChI is InChI=1S/C21H26N2O3/c1-4-5-13-22-21(25)17-9-11-18(12-10-17)23-19(24)14-26-20-15(2)7-6-8-16(20)3/h6-12H,4-5,13-14H2,1-3H3,(H,22,25)(H,23,24). The molecule has 5 heteroatoms. The number of carbonyl (C=O) groups is 2. The minimum absolute atomic E-state index is 0.0645. The number of hydrogen-bond donors (Lipinski definition) is 2. The second-order valence-electron chi connectivity index (χ2n) is 6.24. The van der Waals surface area contributed by atoms with Crippen LogP contribution >= 0.6 is 0 Å². The van der Waals surface area contributed by atoms with Crippen LogP contribution < -0.4 is 15.4 Å². The Kier molecular flexibility index (Phi) is 7.21. The topological polar surface area (TPSA) is 67.4 Å². The third-order valence-electron chi connectivity index (χ3n) is 4.00. The maximum Gasteiger partial charge on any atom is 0.262 e. The third-order valence-corrected chi connectivity index (χ3v) is 4.00. The lowest BCUT2D eigenvalue weighted by atomic mass is 10.1. The summed E-state index contributed by atoms with van der Waals surface area (Å²) in [6, 6.07) is 12.7. The average Bonchev–Trinajstić information content (AvgIpc) is 2.62. The van der Waals surface area contributed by atoms with Gasteiger partial charge in [-0.05, 0) is 55.7 Å². The minimum atomic E-state index is -0.243. The van der Waals surface area contributed by atoms with Crippen molar-refractivity contribution in [1.82, 2.24) is 5.32 Å². The molecule has 2 aromatic rings. The van der Waals surface area contributed by atoms with Crippen LogP contribution in [0.25, 0.3) is 0 Å². The van der Waals surface area contributed by atoms with E-state index in [-0.39, 0.29) is 18.4 Å². The lowest BCUT2D eigenvalue weighted by molar-refractivity contribution is -0.118. The Labute approximate surface area is 154 Å². The van der Waals surface area contributed by atoms with Crippen molar-refractivity contribution in [2.24, 2.45) is 0 Å². The van der Waals surface area contributed by atoms with E-state index in [0.717, 1.165) is 29.7 Å². The highest BCUT2D eigenvalue weighted by Gasteiger charge is 2.09. The van der Waals surface area contributed by atoms with Crippen molar-refractivity contribution in [3.63, 3.8) is 0 Å². The van der Waals surface area contributed by atoms with E-state index in [9.17, 15) is 9.59 Å². The van der Waals surface area contributed by atoms with E-state index in [1.807, 2.05) is 32.0 Å². The Morgan fingerprint density at radius 2 is 1.65 bits per heavy atom. The zero-order valence-electron chi connectivity index (χ0n) is 15.6. The molecule has 0 aliphatic rings. The molecule has 0 spiro atoms. The lowest BCUT2D eigenvalue weighted by Crippen LogP contribution is -2.24. The number of carbonyl (C=O) groups excluding carboxylic acids is 2. The van der Waals surface area contributed by atoms with Gasteiger partial charge in [0.15, 0.2) is 6.61 Å². The van der Waals surface area contributed by atoms with Gasteiger partial charge in [0, 0.05) is 17.8 Å². The van der Waals surface area contributed by atoms with E-state index >= 15 is 0 Å². The molecular weight excluding hydrogens is 328 g/mol. The predicted octanol–water partition coefficient (Wildman–Crippen LogP) is 3.85. The highest BCUT2D eigenvalue weighted by molar-refractivity contribution is 5.96. The SMILES string of the molecule is CCCCNC(=O)c1ccc(NC(=O)COc2c(C)cccc2C)cc1. The summed E-state index contributed by atoms with van der Waals surface area (Å²) in [5, 5.41) is 5.64. The molecule has 138 valence electrons. The van der Waals surface area contributed by atoms with E-state index in [2.05, 4.69) is 17.6 Å². The Hall–Kier alpha value is -2.82. The minimum Gasteiger partial charge on any atom is -0.483 e. The summed E-state index contributed by atoms with van der Waals surface area (Å²) in [7, 11) is 0. The smallest absolute Gasteiger partial charge is 0.262 e. The molecule has 0 aliphatic carbocycles. The molecule has 0 bridgehead atoms. The first kappa shape index (κ1) is 19.5. The van der Waals surface area contributed by atoms with Gasteiger partial charge in [-0.15, -0.1) is 0 Å². The molecule has 0 saturated heterocycles. The highest BCUT2D eigenvalue weighted by atomic mass is 16.5. The number of para-hydroxylation sites is 1. The molecule has 0 heterocycles. The summed E-state index contributed by atoms with van der Waals surface area (Å²) in [4.78, 5) is 24.0. The molecule has 2 aromatic carbocycles. The summed E-state index contributed by atoms with van der Waals surface area (Å²) in [5.41, 5.74) is 3.20. The summed E-state index contributed by atoms with van der Waals surface area (Å²) in [6.45, 7) is 6.58. The molecule has 0 saturated carbocycles. The molecular formula is C21H26N2O3. The first-order chi connectivity index (χ1) is 12.5. The number of hydrogen-bond acceptors (Lipinski definition) is 3. The van der Waals surface area contributed by atoms with Gasteiger partial charge in [-0.1, -0.05) is 31.5 Å². The van der Waals surface area contributed by atoms with Gasteiger partial charge in [-0.2, -0.15) is 0 Å². The largest absolute Gasteiger partial charge is 0.483 e. The summed E-state index contributed by atoms with van der Waals surface area (Å²) >= 11 is 0. The molecule has 2 amide bonds. The Bertz CT molecular complexity index is 734. The number of amides is 2. The van der Waals surface area contributed by atoms with E-state index in [1.165, 1.54) is 0 Å². The van der Waals surface area contributed by atoms with Crippen LogP contribution in [0.3, 0.4) is 0 Å². The second kappa shape index (κ2) is 9.61. The zero-order chi connectivity index (χ0) is 18.9. The van der Waals surface area contributed by atoms with Gasteiger partial charge >= 0.3 is 0 Å². The molecule has 0 unspecified atom stereocenters. The van der Waals surface area contributed by atoms with E-state index < -0.39 is 0 Å². The fourth-order valence-corrected chi connectivity index (χ4v) is 2.55. The van der Waals surface area contributed by atoms with Crippen molar-refractivity contribution in [1.29, 1.82) is 0 Å². The first-order valence-electron chi connectivity index (χ1n) is 8.88. The molecule has 0 fully saturated rings. The summed E-state index contributed by atoms with van der Waals surface area (Å²) in [6.07, 6.45) is 2.00. The maximum absolute atomic E-state index is 12.1. The van der Waals surface area contributed by atoms with Crippen LogP contribution in [0.1, 0.15) is 41.3 Å². The maximum atomic E-state index is 12.1. The van der Waals surface area contributed by atoms with Crippen LogP contribution in [-0.2, 0) is 4.79 Å². The Morgan fingerprint density at radius 3 is 2.27 bits per heavy atom. The van der Waals surface area contributed by atoms with Crippen LogP contribution in [0.15, 0.2) is 42.5 Å².